The van der Waals surface area contributed by atoms with Gasteiger partial charge in [-0.25, -0.2) is 4.98 Å². The molecule has 142 valence electrons. The highest BCUT2D eigenvalue weighted by atomic mass is 35.5. The van der Waals surface area contributed by atoms with Gasteiger partial charge in [0.1, 0.15) is 0 Å². The second kappa shape index (κ2) is 10.3. The van der Waals surface area contributed by atoms with E-state index in [9.17, 15) is 9.59 Å². The molecule has 1 aromatic rings. The number of amides is 2. The minimum absolute atomic E-state index is 0. The lowest BCUT2D eigenvalue weighted by Crippen LogP contribution is -2.42. The van der Waals surface area contributed by atoms with Gasteiger partial charge in [0.05, 0.1) is 12.1 Å². The van der Waals surface area contributed by atoms with Gasteiger partial charge in [-0.2, -0.15) is 0 Å². The van der Waals surface area contributed by atoms with Crippen molar-refractivity contribution in [2.24, 2.45) is 0 Å². The quantitative estimate of drug-likeness (QED) is 0.783. The van der Waals surface area contributed by atoms with Gasteiger partial charge in [-0.3, -0.25) is 14.5 Å². The molecule has 3 rings (SSSR count). The summed E-state index contributed by atoms with van der Waals surface area (Å²) in [5.41, 5.74) is 0.779. The third-order valence-corrected chi connectivity index (χ3v) is 5.35. The zero-order chi connectivity index (χ0) is 16.2. The smallest absolute Gasteiger partial charge is 0.228 e. The molecule has 0 aliphatic carbocycles. The fraction of sp³-hybridized carbons (Fsp3) is 0.688. The molecule has 1 unspecified atom stereocenters. The molecule has 1 atom stereocenters. The van der Waals surface area contributed by atoms with Crippen LogP contribution in [0, 0.1) is 0 Å². The summed E-state index contributed by atoms with van der Waals surface area (Å²) < 4.78 is 0. The largest absolute Gasteiger partial charge is 0.338 e. The van der Waals surface area contributed by atoms with Crippen LogP contribution >= 0.6 is 36.2 Å². The minimum atomic E-state index is 0. The standard InChI is InChI=1S/C16H24N4O2S.2ClH/c1-2-7-19(13-5-6-17-10-13)15(22)9-12-11-23-16(18-12)20-8-3-4-14(20)21;;/h11,13,17H,2-10H2,1H3;2*1H. The van der Waals surface area contributed by atoms with Crippen molar-refractivity contribution in [1.82, 2.24) is 15.2 Å². The van der Waals surface area contributed by atoms with E-state index < -0.39 is 0 Å². The van der Waals surface area contributed by atoms with Gasteiger partial charge in [-0.1, -0.05) is 6.92 Å². The first kappa shape index (κ1) is 22.2. The second-order valence-electron chi connectivity index (χ2n) is 6.18. The van der Waals surface area contributed by atoms with Gasteiger partial charge in [0.2, 0.25) is 11.8 Å². The molecule has 6 nitrogen and oxygen atoms in total. The predicted octanol–water partition coefficient (Wildman–Crippen LogP) is 2.26. The number of halogens is 2. The molecular formula is C16H26Cl2N4O2S. The molecule has 2 aliphatic rings. The first-order valence-corrected chi connectivity index (χ1v) is 9.32. The van der Waals surface area contributed by atoms with Gasteiger partial charge in [0, 0.05) is 37.5 Å². The third-order valence-electron chi connectivity index (χ3n) is 4.44. The molecule has 3 heterocycles. The molecule has 0 aromatic carbocycles. The van der Waals surface area contributed by atoms with Gasteiger partial charge in [-0.05, 0) is 25.8 Å². The Bertz CT molecular complexity index is 578. The molecule has 9 heteroatoms. The number of nitrogens with one attached hydrogen (secondary N) is 1. The maximum atomic E-state index is 12.7. The van der Waals surface area contributed by atoms with Gasteiger partial charge < -0.3 is 10.2 Å². The fourth-order valence-electron chi connectivity index (χ4n) is 3.27. The van der Waals surface area contributed by atoms with Gasteiger partial charge >= 0.3 is 0 Å². The van der Waals surface area contributed by atoms with Crippen molar-refractivity contribution in [3.05, 3.63) is 11.1 Å². The SMILES string of the molecule is CCCN(C(=O)Cc1csc(N2CCCC2=O)n1)C1CCNC1.Cl.Cl. The van der Waals surface area contributed by atoms with Crippen LogP contribution in [0.15, 0.2) is 5.38 Å². The summed E-state index contributed by atoms with van der Waals surface area (Å²) in [6.07, 6.45) is 3.82. The fourth-order valence-corrected chi connectivity index (χ4v) is 4.13. The highest BCUT2D eigenvalue weighted by Crippen LogP contribution is 2.25. The Hall–Kier alpha value is -0.890. The predicted molar refractivity (Wildman–Crippen MR) is 105 cm³/mol. The molecule has 1 aromatic heterocycles. The van der Waals surface area contributed by atoms with Gasteiger partial charge in [0.25, 0.3) is 0 Å². The number of carbonyl (C=O) groups excluding carboxylic acids is 2. The molecule has 0 radical (unpaired) electrons. The van der Waals surface area contributed by atoms with Crippen molar-refractivity contribution in [3.8, 4) is 0 Å². The van der Waals surface area contributed by atoms with Crippen LogP contribution in [0.4, 0.5) is 5.13 Å². The Labute approximate surface area is 165 Å². The number of anilines is 1. The topological polar surface area (TPSA) is 65.5 Å². The average Bonchev–Trinajstić information content (AvgIpc) is 3.25. The molecule has 2 saturated heterocycles. The second-order valence-corrected chi connectivity index (χ2v) is 7.02. The number of hydrogen-bond donors (Lipinski definition) is 1. The Balaban J connectivity index is 0.00000156. The molecular weight excluding hydrogens is 383 g/mol. The number of rotatable bonds is 6. The van der Waals surface area contributed by atoms with Crippen molar-refractivity contribution in [3.63, 3.8) is 0 Å². The lowest BCUT2D eigenvalue weighted by atomic mass is 10.2. The van der Waals surface area contributed by atoms with E-state index in [-0.39, 0.29) is 36.6 Å². The van der Waals surface area contributed by atoms with Gasteiger partial charge in [0.15, 0.2) is 5.13 Å². The van der Waals surface area contributed by atoms with E-state index in [1.54, 1.807) is 4.90 Å². The number of hydrogen-bond acceptors (Lipinski definition) is 5. The molecule has 1 N–H and O–H groups in total. The summed E-state index contributed by atoms with van der Waals surface area (Å²) in [6.45, 7) is 5.51. The normalized spacial score (nSPS) is 19.5. The van der Waals surface area contributed by atoms with E-state index in [1.807, 2.05) is 10.3 Å². The van der Waals surface area contributed by atoms with Crippen LogP contribution in [0.3, 0.4) is 0 Å². The summed E-state index contributed by atoms with van der Waals surface area (Å²) in [7, 11) is 0. The highest BCUT2D eigenvalue weighted by Gasteiger charge is 2.27. The average molecular weight is 409 g/mol. The summed E-state index contributed by atoms with van der Waals surface area (Å²) in [6, 6.07) is 0.306. The summed E-state index contributed by atoms with van der Waals surface area (Å²) in [4.78, 5) is 32.7. The Morgan fingerprint density at radius 1 is 1.48 bits per heavy atom. The molecule has 2 aliphatic heterocycles. The van der Waals surface area contributed by atoms with Crippen LogP contribution < -0.4 is 10.2 Å². The lowest BCUT2D eigenvalue weighted by molar-refractivity contribution is -0.132. The van der Waals surface area contributed by atoms with Crippen LogP contribution in [-0.2, 0) is 16.0 Å². The number of nitrogens with zero attached hydrogens (tertiary/aromatic N) is 3. The van der Waals surface area contributed by atoms with Crippen LogP contribution in [0.25, 0.3) is 0 Å². The Morgan fingerprint density at radius 2 is 2.28 bits per heavy atom. The van der Waals surface area contributed by atoms with Crippen molar-refractivity contribution >= 4 is 53.1 Å². The lowest BCUT2D eigenvalue weighted by Gasteiger charge is -2.28. The van der Waals surface area contributed by atoms with Crippen LogP contribution in [-0.4, -0.2) is 53.9 Å². The molecule has 25 heavy (non-hydrogen) atoms. The van der Waals surface area contributed by atoms with Crippen LogP contribution in [0.5, 0.6) is 0 Å². The molecule has 0 spiro atoms. The van der Waals surface area contributed by atoms with Crippen LogP contribution in [0.2, 0.25) is 0 Å². The molecule has 0 bridgehead atoms. The van der Waals surface area contributed by atoms with Crippen molar-refractivity contribution in [2.45, 2.75) is 45.1 Å². The van der Waals surface area contributed by atoms with E-state index in [0.717, 1.165) is 56.3 Å². The van der Waals surface area contributed by atoms with E-state index in [4.69, 9.17) is 0 Å². The number of aromatic nitrogens is 1. The maximum absolute atomic E-state index is 12.7. The van der Waals surface area contributed by atoms with E-state index in [0.29, 0.717) is 18.9 Å². The highest BCUT2D eigenvalue weighted by molar-refractivity contribution is 7.14. The van der Waals surface area contributed by atoms with Crippen molar-refractivity contribution < 1.29 is 9.59 Å². The summed E-state index contributed by atoms with van der Waals surface area (Å²) >= 11 is 1.46. The summed E-state index contributed by atoms with van der Waals surface area (Å²) in [5.74, 6) is 0.284. The van der Waals surface area contributed by atoms with Crippen LogP contribution in [0.1, 0.15) is 38.3 Å². The Morgan fingerprint density at radius 3 is 2.88 bits per heavy atom. The molecule has 2 amide bonds. The molecule has 0 saturated carbocycles. The minimum Gasteiger partial charge on any atom is -0.338 e. The zero-order valence-electron chi connectivity index (χ0n) is 14.4. The van der Waals surface area contributed by atoms with E-state index >= 15 is 0 Å². The zero-order valence-corrected chi connectivity index (χ0v) is 16.9. The van der Waals surface area contributed by atoms with Crippen molar-refractivity contribution in [1.29, 1.82) is 0 Å². The monoisotopic (exact) mass is 408 g/mol. The first-order chi connectivity index (χ1) is 11.2. The third kappa shape index (κ3) is 5.29. The number of thiazole rings is 1. The maximum Gasteiger partial charge on any atom is 0.228 e. The van der Waals surface area contributed by atoms with E-state index in [1.165, 1.54) is 11.3 Å². The Kier molecular flexibility index (Phi) is 9.13. The van der Waals surface area contributed by atoms with Crippen molar-refractivity contribution in [2.75, 3.05) is 31.1 Å². The molecule has 2 fully saturated rings. The summed E-state index contributed by atoms with van der Waals surface area (Å²) in [5, 5.41) is 5.97. The first-order valence-electron chi connectivity index (χ1n) is 8.44. The number of carbonyl (C=O) groups is 2. The van der Waals surface area contributed by atoms with Gasteiger partial charge in [-0.15, -0.1) is 36.2 Å². The van der Waals surface area contributed by atoms with E-state index in [2.05, 4.69) is 17.2 Å².